The van der Waals surface area contributed by atoms with Crippen LogP contribution >= 0.6 is 0 Å². The lowest BCUT2D eigenvalue weighted by molar-refractivity contribution is -0.123. The number of nitrogens with zero attached hydrogens (tertiary/aromatic N) is 2. The van der Waals surface area contributed by atoms with Crippen LogP contribution in [0.1, 0.15) is 36.0 Å². The zero-order chi connectivity index (χ0) is 16.9. The Labute approximate surface area is 135 Å². The molecule has 126 valence electrons. The highest BCUT2D eigenvalue weighted by Crippen LogP contribution is 2.30. The summed E-state index contributed by atoms with van der Waals surface area (Å²) in [4.78, 5) is 29.6. The summed E-state index contributed by atoms with van der Waals surface area (Å²) in [5.41, 5.74) is -0.159. The first-order valence-electron chi connectivity index (χ1n) is 7.69. The normalized spacial score (nSPS) is 21.0. The van der Waals surface area contributed by atoms with E-state index < -0.39 is 5.60 Å². The number of carbonyl (C=O) groups is 2. The first kappa shape index (κ1) is 17.2. The first-order valence-corrected chi connectivity index (χ1v) is 7.69. The summed E-state index contributed by atoms with van der Waals surface area (Å²) in [6.45, 7) is 1.05. The second-order valence-corrected chi connectivity index (χ2v) is 5.82. The van der Waals surface area contributed by atoms with E-state index in [9.17, 15) is 14.7 Å². The number of ether oxygens (including phenoxy) is 1. The molecule has 2 N–H and O–H groups in total. The predicted octanol–water partition coefficient (Wildman–Crippen LogP) is 0.935. The van der Waals surface area contributed by atoms with E-state index in [4.69, 9.17) is 4.74 Å². The molecule has 0 radical (unpaired) electrons. The maximum atomic E-state index is 12.6. The second kappa shape index (κ2) is 7.41. The molecule has 1 aliphatic heterocycles. The Balaban J connectivity index is 2.09. The molecular weight excluding hydrogens is 298 g/mol. The SMILES string of the molecule is CNC(=O)CCC1(OC)CCCN(C(=O)c2cncc(O)c2)C1. The molecule has 2 rings (SSSR count). The van der Waals surface area contributed by atoms with Crippen molar-refractivity contribution in [3.8, 4) is 5.75 Å². The number of piperidine rings is 1. The molecule has 0 aliphatic carbocycles. The largest absolute Gasteiger partial charge is 0.506 e. The summed E-state index contributed by atoms with van der Waals surface area (Å²) in [6.07, 6.45) is 5.26. The summed E-state index contributed by atoms with van der Waals surface area (Å²) >= 11 is 0. The molecule has 0 aromatic carbocycles. The molecule has 1 saturated heterocycles. The van der Waals surface area contributed by atoms with Crippen LogP contribution in [-0.2, 0) is 9.53 Å². The number of amides is 2. The summed E-state index contributed by atoms with van der Waals surface area (Å²) < 4.78 is 5.67. The molecule has 1 unspecified atom stereocenters. The number of methoxy groups -OCH3 is 1. The molecule has 23 heavy (non-hydrogen) atoms. The number of aromatic hydroxyl groups is 1. The number of carbonyl (C=O) groups excluding carboxylic acids is 2. The first-order chi connectivity index (χ1) is 11.0. The number of nitrogens with one attached hydrogen (secondary N) is 1. The van der Waals surface area contributed by atoms with Gasteiger partial charge in [0.1, 0.15) is 5.75 Å². The van der Waals surface area contributed by atoms with Crippen molar-refractivity contribution in [2.24, 2.45) is 0 Å². The topological polar surface area (TPSA) is 91.8 Å². The summed E-state index contributed by atoms with van der Waals surface area (Å²) in [6, 6.07) is 1.41. The number of likely N-dealkylation sites (tertiary alicyclic amines) is 1. The van der Waals surface area contributed by atoms with Crippen LogP contribution < -0.4 is 5.32 Å². The molecule has 0 bridgehead atoms. The molecule has 1 fully saturated rings. The average Bonchev–Trinajstić information content (AvgIpc) is 2.59. The molecule has 0 saturated carbocycles. The van der Waals surface area contributed by atoms with Gasteiger partial charge in [0.15, 0.2) is 0 Å². The number of hydrogen-bond donors (Lipinski definition) is 2. The van der Waals surface area contributed by atoms with Gasteiger partial charge in [0.2, 0.25) is 5.91 Å². The Kier molecular flexibility index (Phi) is 5.54. The van der Waals surface area contributed by atoms with Crippen LogP contribution in [0, 0.1) is 0 Å². The molecule has 1 aromatic rings. The highest BCUT2D eigenvalue weighted by Gasteiger charge is 2.37. The summed E-state index contributed by atoms with van der Waals surface area (Å²) in [5, 5.41) is 12.1. The van der Waals surface area contributed by atoms with Crippen LogP contribution in [-0.4, -0.2) is 59.7 Å². The lowest BCUT2D eigenvalue weighted by Crippen LogP contribution is -2.51. The van der Waals surface area contributed by atoms with E-state index in [1.54, 1.807) is 19.1 Å². The van der Waals surface area contributed by atoms with Crippen LogP contribution in [0.2, 0.25) is 0 Å². The van der Waals surface area contributed by atoms with Gasteiger partial charge in [-0.05, 0) is 25.3 Å². The lowest BCUT2D eigenvalue weighted by Gasteiger charge is -2.42. The van der Waals surface area contributed by atoms with E-state index in [1.807, 2.05) is 0 Å². The minimum Gasteiger partial charge on any atom is -0.506 e. The van der Waals surface area contributed by atoms with Crippen LogP contribution in [0.5, 0.6) is 5.75 Å². The van der Waals surface area contributed by atoms with Crippen molar-refractivity contribution >= 4 is 11.8 Å². The van der Waals surface area contributed by atoms with Crippen molar-refractivity contribution in [2.75, 3.05) is 27.2 Å². The third-order valence-electron chi connectivity index (χ3n) is 4.32. The van der Waals surface area contributed by atoms with Crippen LogP contribution in [0.15, 0.2) is 18.5 Å². The minimum absolute atomic E-state index is 0.0366. The van der Waals surface area contributed by atoms with E-state index >= 15 is 0 Å². The van der Waals surface area contributed by atoms with Gasteiger partial charge in [-0.25, -0.2) is 0 Å². The van der Waals surface area contributed by atoms with Gasteiger partial charge in [-0.3, -0.25) is 14.6 Å². The van der Waals surface area contributed by atoms with Gasteiger partial charge < -0.3 is 20.1 Å². The second-order valence-electron chi connectivity index (χ2n) is 5.82. The molecule has 1 aliphatic rings. The predicted molar refractivity (Wildman–Crippen MR) is 84.1 cm³/mol. The molecule has 7 nitrogen and oxygen atoms in total. The summed E-state index contributed by atoms with van der Waals surface area (Å²) in [5.74, 6) is -0.262. The lowest BCUT2D eigenvalue weighted by atomic mass is 9.87. The quantitative estimate of drug-likeness (QED) is 0.842. The fourth-order valence-corrected chi connectivity index (χ4v) is 2.94. The molecule has 1 atom stereocenters. The average molecular weight is 321 g/mol. The number of rotatable bonds is 5. The van der Waals surface area contributed by atoms with Gasteiger partial charge in [-0.1, -0.05) is 0 Å². The van der Waals surface area contributed by atoms with Crippen LogP contribution in [0.3, 0.4) is 0 Å². The van der Waals surface area contributed by atoms with E-state index in [1.165, 1.54) is 18.5 Å². The maximum Gasteiger partial charge on any atom is 0.255 e. The number of aromatic nitrogens is 1. The van der Waals surface area contributed by atoms with E-state index in [0.29, 0.717) is 31.5 Å². The van der Waals surface area contributed by atoms with Crippen molar-refractivity contribution < 1.29 is 19.4 Å². The molecule has 2 amide bonds. The van der Waals surface area contributed by atoms with Gasteiger partial charge in [0, 0.05) is 39.9 Å². The third kappa shape index (κ3) is 4.19. The smallest absolute Gasteiger partial charge is 0.255 e. The molecule has 1 aromatic heterocycles. The number of hydrogen-bond acceptors (Lipinski definition) is 5. The Morgan fingerprint density at radius 2 is 2.26 bits per heavy atom. The van der Waals surface area contributed by atoms with Crippen molar-refractivity contribution in [2.45, 2.75) is 31.3 Å². The Morgan fingerprint density at radius 3 is 2.91 bits per heavy atom. The van der Waals surface area contributed by atoms with Crippen LogP contribution in [0.4, 0.5) is 0 Å². The van der Waals surface area contributed by atoms with Gasteiger partial charge in [-0.2, -0.15) is 0 Å². The van der Waals surface area contributed by atoms with Crippen molar-refractivity contribution in [1.82, 2.24) is 15.2 Å². The maximum absolute atomic E-state index is 12.6. The van der Waals surface area contributed by atoms with E-state index in [0.717, 1.165) is 12.8 Å². The van der Waals surface area contributed by atoms with Gasteiger partial charge >= 0.3 is 0 Å². The molecule has 7 heteroatoms. The van der Waals surface area contributed by atoms with Crippen LogP contribution in [0.25, 0.3) is 0 Å². The standard InChI is InChI=1S/C16H23N3O4/c1-17-14(21)4-6-16(23-2)5-3-7-19(11-16)15(22)12-8-13(20)10-18-9-12/h8-10,20H,3-7,11H2,1-2H3,(H,17,21). The monoisotopic (exact) mass is 321 g/mol. The highest BCUT2D eigenvalue weighted by atomic mass is 16.5. The Morgan fingerprint density at radius 1 is 1.48 bits per heavy atom. The Bertz CT molecular complexity index is 578. The number of pyridine rings is 1. The zero-order valence-corrected chi connectivity index (χ0v) is 13.5. The van der Waals surface area contributed by atoms with Gasteiger partial charge in [0.05, 0.1) is 17.4 Å². The third-order valence-corrected chi connectivity index (χ3v) is 4.32. The fourth-order valence-electron chi connectivity index (χ4n) is 2.94. The molecular formula is C16H23N3O4. The van der Waals surface area contributed by atoms with Gasteiger partial charge in [-0.15, -0.1) is 0 Å². The highest BCUT2D eigenvalue weighted by molar-refractivity contribution is 5.94. The van der Waals surface area contributed by atoms with Crippen molar-refractivity contribution in [3.05, 3.63) is 24.0 Å². The fraction of sp³-hybridized carbons (Fsp3) is 0.562. The molecule has 2 heterocycles. The van der Waals surface area contributed by atoms with E-state index in [2.05, 4.69) is 10.3 Å². The minimum atomic E-state index is -0.509. The van der Waals surface area contributed by atoms with Gasteiger partial charge in [0.25, 0.3) is 5.91 Å². The van der Waals surface area contributed by atoms with Crippen molar-refractivity contribution in [1.29, 1.82) is 0 Å². The zero-order valence-electron chi connectivity index (χ0n) is 13.5. The van der Waals surface area contributed by atoms with E-state index in [-0.39, 0.29) is 17.6 Å². The summed E-state index contributed by atoms with van der Waals surface area (Å²) in [7, 11) is 3.22. The van der Waals surface area contributed by atoms with Crippen molar-refractivity contribution in [3.63, 3.8) is 0 Å². The Hall–Kier alpha value is -2.15. The molecule has 0 spiro atoms.